The van der Waals surface area contributed by atoms with E-state index in [0.717, 1.165) is 7.11 Å². The molecule has 0 N–H and O–H groups in total. The summed E-state index contributed by atoms with van der Waals surface area (Å²) < 4.78 is 9.48. The lowest BCUT2D eigenvalue weighted by Gasteiger charge is -2.28. The third-order valence-corrected chi connectivity index (χ3v) is 4.11. The number of esters is 2. The number of rotatable bonds is 4. The average Bonchev–Trinajstić information content (AvgIpc) is 2.60. The van der Waals surface area contributed by atoms with Crippen molar-refractivity contribution < 1.29 is 24.0 Å². The standard InChI is InChI=1S/C15H14ClN3O6/c1-7-11(14(20)24-2)12(13(18-17-7)15(21)25-3)9-6-8(19(22)23)4-5-10(9)16/h4-6,11-12H,1-3H3. The van der Waals surface area contributed by atoms with Gasteiger partial charge >= 0.3 is 11.9 Å². The highest BCUT2D eigenvalue weighted by molar-refractivity contribution is 6.41. The lowest BCUT2D eigenvalue weighted by molar-refractivity contribution is -0.384. The van der Waals surface area contributed by atoms with E-state index in [4.69, 9.17) is 16.3 Å². The molecule has 0 saturated carbocycles. The van der Waals surface area contributed by atoms with Gasteiger partial charge in [0.15, 0.2) is 5.71 Å². The van der Waals surface area contributed by atoms with Gasteiger partial charge in [-0.1, -0.05) is 11.6 Å². The zero-order valence-electron chi connectivity index (χ0n) is 13.6. The monoisotopic (exact) mass is 367 g/mol. The van der Waals surface area contributed by atoms with Gasteiger partial charge in [-0.25, -0.2) is 4.79 Å². The number of carbonyl (C=O) groups excluding carboxylic acids is 2. The summed E-state index contributed by atoms with van der Waals surface area (Å²) in [7, 11) is 2.33. The molecule has 0 saturated heterocycles. The van der Waals surface area contributed by atoms with Crippen LogP contribution in [0.3, 0.4) is 0 Å². The molecule has 0 spiro atoms. The number of benzene rings is 1. The van der Waals surface area contributed by atoms with E-state index >= 15 is 0 Å². The van der Waals surface area contributed by atoms with Crippen molar-refractivity contribution in [3.05, 3.63) is 38.9 Å². The van der Waals surface area contributed by atoms with Crippen LogP contribution in [0.15, 0.2) is 28.4 Å². The van der Waals surface area contributed by atoms with Crippen LogP contribution >= 0.6 is 11.6 Å². The highest BCUT2D eigenvalue weighted by Crippen LogP contribution is 2.37. The topological polar surface area (TPSA) is 120 Å². The number of nitrogens with zero attached hydrogens (tertiary/aromatic N) is 3. The van der Waals surface area contributed by atoms with Gasteiger partial charge < -0.3 is 9.47 Å². The largest absolute Gasteiger partial charge is 0.468 e. The summed E-state index contributed by atoms with van der Waals surface area (Å²) in [4.78, 5) is 34.8. The summed E-state index contributed by atoms with van der Waals surface area (Å²) in [6.07, 6.45) is 0. The van der Waals surface area contributed by atoms with Crippen LogP contribution in [0.4, 0.5) is 5.69 Å². The molecule has 1 aliphatic heterocycles. The molecule has 0 fully saturated rings. The summed E-state index contributed by atoms with van der Waals surface area (Å²) in [5.41, 5.74) is 0.0371. The number of nitro groups is 1. The van der Waals surface area contributed by atoms with E-state index in [1.54, 1.807) is 0 Å². The van der Waals surface area contributed by atoms with Crippen molar-refractivity contribution in [2.75, 3.05) is 14.2 Å². The summed E-state index contributed by atoms with van der Waals surface area (Å²) >= 11 is 6.19. The van der Waals surface area contributed by atoms with E-state index < -0.39 is 28.7 Å². The van der Waals surface area contributed by atoms with Crippen molar-refractivity contribution >= 4 is 40.7 Å². The van der Waals surface area contributed by atoms with Crippen LogP contribution in [-0.2, 0) is 19.1 Å². The maximum atomic E-state index is 12.3. The third-order valence-electron chi connectivity index (χ3n) is 3.77. The molecule has 2 rings (SSSR count). The minimum absolute atomic E-state index is 0.135. The van der Waals surface area contributed by atoms with E-state index in [1.165, 1.54) is 32.2 Å². The number of non-ortho nitro benzene ring substituents is 1. The Hall–Kier alpha value is -2.81. The maximum Gasteiger partial charge on any atom is 0.354 e. The number of carbonyl (C=O) groups is 2. The first kappa shape index (κ1) is 18.5. The van der Waals surface area contributed by atoms with Crippen LogP contribution in [0.2, 0.25) is 5.02 Å². The fourth-order valence-electron chi connectivity index (χ4n) is 2.57. The second-order valence-corrected chi connectivity index (χ2v) is 5.57. The lowest BCUT2D eigenvalue weighted by Crippen LogP contribution is -2.39. The van der Waals surface area contributed by atoms with Crippen molar-refractivity contribution in [2.24, 2.45) is 16.1 Å². The Morgan fingerprint density at radius 1 is 1.24 bits per heavy atom. The zero-order chi connectivity index (χ0) is 18.7. The highest BCUT2D eigenvalue weighted by atomic mass is 35.5. The van der Waals surface area contributed by atoms with Gasteiger partial charge in [-0.05, 0) is 18.6 Å². The summed E-state index contributed by atoms with van der Waals surface area (Å²) in [5, 5.41) is 18.9. The average molecular weight is 368 g/mol. The van der Waals surface area contributed by atoms with Crippen LogP contribution < -0.4 is 0 Å². The normalized spacial score (nSPS) is 19.5. The minimum atomic E-state index is -1.02. The molecule has 9 nitrogen and oxygen atoms in total. The first-order chi connectivity index (χ1) is 11.8. The number of nitro benzene ring substituents is 1. The van der Waals surface area contributed by atoms with Gasteiger partial charge in [0.2, 0.25) is 0 Å². The van der Waals surface area contributed by atoms with Gasteiger partial charge in [-0.2, -0.15) is 5.10 Å². The Balaban J connectivity index is 2.70. The molecule has 1 aliphatic rings. The molecular formula is C15H14ClN3O6. The molecule has 0 amide bonds. The Labute approximate surface area is 147 Å². The molecule has 25 heavy (non-hydrogen) atoms. The predicted octanol–water partition coefficient (Wildman–Crippen LogP) is 2.12. The van der Waals surface area contributed by atoms with Crippen molar-refractivity contribution in [3.8, 4) is 0 Å². The van der Waals surface area contributed by atoms with Crippen molar-refractivity contribution in [1.29, 1.82) is 0 Å². The van der Waals surface area contributed by atoms with E-state index in [9.17, 15) is 19.7 Å². The molecule has 0 radical (unpaired) electrons. The Morgan fingerprint density at radius 2 is 1.92 bits per heavy atom. The van der Waals surface area contributed by atoms with E-state index in [1.807, 2.05) is 0 Å². The number of halogens is 1. The van der Waals surface area contributed by atoms with Crippen molar-refractivity contribution in [3.63, 3.8) is 0 Å². The van der Waals surface area contributed by atoms with E-state index in [2.05, 4.69) is 14.9 Å². The van der Waals surface area contributed by atoms with Crippen LogP contribution in [0.5, 0.6) is 0 Å². The van der Waals surface area contributed by atoms with Crippen LogP contribution in [0.25, 0.3) is 0 Å². The van der Waals surface area contributed by atoms with Gasteiger partial charge in [-0.15, -0.1) is 5.10 Å². The molecular weight excluding hydrogens is 354 g/mol. The first-order valence-corrected chi connectivity index (χ1v) is 7.41. The Bertz CT molecular complexity index is 804. The van der Waals surface area contributed by atoms with Crippen LogP contribution in [0, 0.1) is 16.0 Å². The second-order valence-electron chi connectivity index (χ2n) is 5.16. The number of ether oxygens (including phenoxy) is 2. The Morgan fingerprint density at radius 3 is 2.48 bits per heavy atom. The van der Waals surface area contributed by atoms with E-state index in [-0.39, 0.29) is 27.7 Å². The zero-order valence-corrected chi connectivity index (χ0v) is 14.3. The molecule has 0 bridgehead atoms. The molecule has 0 aliphatic carbocycles. The van der Waals surface area contributed by atoms with Crippen LogP contribution in [-0.4, -0.2) is 42.5 Å². The lowest BCUT2D eigenvalue weighted by atomic mass is 9.79. The number of hydrogen-bond donors (Lipinski definition) is 0. The minimum Gasteiger partial charge on any atom is -0.468 e. The highest BCUT2D eigenvalue weighted by Gasteiger charge is 2.43. The number of methoxy groups -OCH3 is 2. The molecule has 1 heterocycles. The van der Waals surface area contributed by atoms with Gasteiger partial charge in [-0.3, -0.25) is 14.9 Å². The van der Waals surface area contributed by atoms with Crippen molar-refractivity contribution in [1.82, 2.24) is 0 Å². The van der Waals surface area contributed by atoms with Crippen LogP contribution in [0.1, 0.15) is 18.4 Å². The van der Waals surface area contributed by atoms with Gasteiger partial charge in [0.25, 0.3) is 5.69 Å². The maximum absolute atomic E-state index is 12.3. The van der Waals surface area contributed by atoms with Gasteiger partial charge in [0.05, 0.1) is 30.8 Å². The van der Waals surface area contributed by atoms with Gasteiger partial charge in [0.1, 0.15) is 5.92 Å². The molecule has 1 aromatic carbocycles. The quantitative estimate of drug-likeness (QED) is 0.456. The smallest absolute Gasteiger partial charge is 0.354 e. The number of hydrogen-bond acceptors (Lipinski definition) is 8. The summed E-state index contributed by atoms with van der Waals surface area (Å²) in [5.74, 6) is -3.54. The first-order valence-electron chi connectivity index (χ1n) is 7.03. The molecule has 2 atom stereocenters. The molecule has 2 unspecified atom stereocenters. The van der Waals surface area contributed by atoms with E-state index in [0.29, 0.717) is 0 Å². The fraction of sp³-hybridized carbons (Fsp3) is 0.333. The van der Waals surface area contributed by atoms with Crippen molar-refractivity contribution in [2.45, 2.75) is 12.8 Å². The molecule has 132 valence electrons. The SMILES string of the molecule is COC(=O)C1=NN=C(C)C(C(=O)OC)C1c1cc([N+](=O)[O-])ccc1Cl. The predicted molar refractivity (Wildman–Crippen MR) is 88.9 cm³/mol. The summed E-state index contributed by atoms with van der Waals surface area (Å²) in [6, 6.07) is 3.73. The Kier molecular flexibility index (Phi) is 5.48. The second kappa shape index (κ2) is 7.39. The summed E-state index contributed by atoms with van der Waals surface area (Å²) in [6.45, 7) is 1.54. The molecule has 0 aromatic heterocycles. The fourth-order valence-corrected chi connectivity index (χ4v) is 2.81. The molecule has 1 aromatic rings. The third kappa shape index (κ3) is 3.50. The van der Waals surface area contributed by atoms with Gasteiger partial charge in [0, 0.05) is 17.2 Å². The molecule has 10 heteroatoms.